The monoisotopic (exact) mass is 415 g/mol. The van der Waals surface area contributed by atoms with Crippen LogP contribution in [0.2, 0.25) is 0 Å². The largest absolute Gasteiger partial charge is 0.493 e. The van der Waals surface area contributed by atoms with Crippen molar-refractivity contribution in [1.82, 2.24) is 9.88 Å². The topological polar surface area (TPSA) is 71.5 Å². The van der Waals surface area contributed by atoms with Gasteiger partial charge in [0.1, 0.15) is 5.75 Å². The number of rotatable bonds is 7. The second-order valence-corrected chi connectivity index (χ2v) is 9.32. The third-order valence-corrected chi connectivity index (χ3v) is 5.56. The lowest BCUT2D eigenvalue weighted by Crippen LogP contribution is -2.36. The molecule has 0 unspecified atom stereocenters. The van der Waals surface area contributed by atoms with Crippen LogP contribution in [-0.4, -0.2) is 34.8 Å². The molecule has 2 heterocycles. The zero-order valence-electron chi connectivity index (χ0n) is 17.5. The predicted octanol–water partition coefficient (Wildman–Crippen LogP) is 4.36. The molecule has 0 saturated heterocycles. The third-order valence-electron chi connectivity index (χ3n) is 4.57. The fourth-order valence-corrected chi connectivity index (χ4v) is 4.12. The first-order chi connectivity index (χ1) is 13.8. The summed E-state index contributed by atoms with van der Waals surface area (Å²) in [7, 11) is 0. The molecular weight excluding hydrogens is 386 g/mol. The van der Waals surface area contributed by atoms with E-state index in [1.165, 1.54) is 11.3 Å². The Balaban J connectivity index is 1.64. The second kappa shape index (κ2) is 9.39. The first kappa shape index (κ1) is 21.3. The van der Waals surface area contributed by atoms with Crippen molar-refractivity contribution < 1.29 is 14.3 Å². The highest BCUT2D eigenvalue weighted by atomic mass is 32.1. The van der Waals surface area contributed by atoms with E-state index >= 15 is 0 Å². The summed E-state index contributed by atoms with van der Waals surface area (Å²) in [4.78, 5) is 32.5. The molecule has 0 aliphatic carbocycles. The maximum atomic E-state index is 12.6. The number of benzene rings is 1. The molecule has 1 aromatic carbocycles. The first-order valence-electron chi connectivity index (χ1n) is 10.1. The van der Waals surface area contributed by atoms with Gasteiger partial charge in [0.05, 0.1) is 18.8 Å². The Bertz CT molecular complexity index is 876. The lowest BCUT2D eigenvalue weighted by atomic mass is 10.1. The molecule has 0 spiro atoms. The fourth-order valence-electron chi connectivity index (χ4n) is 3.10. The van der Waals surface area contributed by atoms with E-state index in [0.717, 1.165) is 17.0 Å². The van der Waals surface area contributed by atoms with Gasteiger partial charge in [0.2, 0.25) is 5.91 Å². The minimum Gasteiger partial charge on any atom is -0.493 e. The molecule has 1 aliphatic heterocycles. The van der Waals surface area contributed by atoms with Gasteiger partial charge in [0.25, 0.3) is 5.91 Å². The molecule has 3 rings (SSSR count). The van der Waals surface area contributed by atoms with E-state index in [1.807, 2.05) is 17.0 Å². The van der Waals surface area contributed by atoms with Crippen molar-refractivity contribution in [3.63, 3.8) is 0 Å². The number of nitrogens with zero attached hydrogens (tertiary/aromatic N) is 2. The minimum atomic E-state index is -0.209. The number of thiazole rings is 1. The van der Waals surface area contributed by atoms with Gasteiger partial charge in [-0.2, -0.15) is 0 Å². The summed E-state index contributed by atoms with van der Waals surface area (Å²) in [5.74, 6) is 1.42. The van der Waals surface area contributed by atoms with Crippen molar-refractivity contribution in [2.45, 2.75) is 47.1 Å². The average molecular weight is 416 g/mol. The van der Waals surface area contributed by atoms with Gasteiger partial charge in [0, 0.05) is 29.8 Å². The zero-order chi connectivity index (χ0) is 21.0. The predicted molar refractivity (Wildman–Crippen MR) is 115 cm³/mol. The lowest BCUT2D eigenvalue weighted by molar-refractivity contribution is -0.132. The summed E-state index contributed by atoms with van der Waals surface area (Å²) in [5, 5.41) is 3.47. The van der Waals surface area contributed by atoms with Crippen LogP contribution in [0.15, 0.2) is 24.3 Å². The summed E-state index contributed by atoms with van der Waals surface area (Å²) in [5.41, 5.74) is 1.51. The molecule has 1 aromatic heterocycles. The van der Waals surface area contributed by atoms with Gasteiger partial charge in [-0.1, -0.05) is 45.1 Å². The Labute approximate surface area is 176 Å². The van der Waals surface area contributed by atoms with Crippen molar-refractivity contribution in [2.24, 2.45) is 11.8 Å². The van der Waals surface area contributed by atoms with Crippen LogP contribution < -0.4 is 10.1 Å². The summed E-state index contributed by atoms with van der Waals surface area (Å²) in [6.45, 7) is 10.1. The number of nitrogens with one attached hydrogen (secondary N) is 1. The molecule has 156 valence electrons. The molecule has 0 bridgehead atoms. The number of fused-ring (bicyclic) bond motifs is 1. The quantitative estimate of drug-likeness (QED) is 0.729. The number of amides is 2. The second-order valence-electron chi connectivity index (χ2n) is 8.24. The number of anilines is 1. The van der Waals surface area contributed by atoms with Crippen LogP contribution in [0.1, 0.15) is 55.0 Å². The molecule has 2 aromatic rings. The molecule has 0 atom stereocenters. The van der Waals surface area contributed by atoms with Gasteiger partial charge in [-0.3, -0.25) is 14.9 Å². The minimum absolute atomic E-state index is 0.183. The highest BCUT2D eigenvalue weighted by Gasteiger charge is 2.25. The zero-order valence-corrected chi connectivity index (χ0v) is 18.3. The fraction of sp³-hybridized carbons (Fsp3) is 0.500. The van der Waals surface area contributed by atoms with Gasteiger partial charge < -0.3 is 9.64 Å². The van der Waals surface area contributed by atoms with Crippen LogP contribution in [0.25, 0.3) is 0 Å². The van der Waals surface area contributed by atoms with E-state index in [-0.39, 0.29) is 11.8 Å². The molecule has 0 fully saturated rings. The number of ether oxygens (including phenoxy) is 1. The van der Waals surface area contributed by atoms with E-state index in [4.69, 9.17) is 4.74 Å². The molecule has 1 N–H and O–H groups in total. The number of aromatic nitrogens is 1. The van der Waals surface area contributed by atoms with Gasteiger partial charge >= 0.3 is 0 Å². The average Bonchev–Trinajstić information content (AvgIpc) is 3.07. The number of carbonyl (C=O) groups excluding carboxylic acids is 2. The molecule has 29 heavy (non-hydrogen) atoms. The molecule has 7 heteroatoms. The van der Waals surface area contributed by atoms with E-state index in [2.05, 4.69) is 38.0 Å². The summed E-state index contributed by atoms with van der Waals surface area (Å²) in [6.07, 6.45) is 1.29. The molecule has 1 aliphatic rings. The van der Waals surface area contributed by atoms with E-state index < -0.39 is 0 Å². The van der Waals surface area contributed by atoms with Crippen molar-refractivity contribution in [3.8, 4) is 5.75 Å². The van der Waals surface area contributed by atoms with Gasteiger partial charge in [-0.05, 0) is 30.0 Å². The van der Waals surface area contributed by atoms with Crippen LogP contribution in [0.3, 0.4) is 0 Å². The highest BCUT2D eigenvalue weighted by molar-refractivity contribution is 7.15. The first-order valence-corrected chi connectivity index (χ1v) is 10.9. The Morgan fingerprint density at radius 2 is 2.03 bits per heavy atom. The van der Waals surface area contributed by atoms with Crippen LogP contribution >= 0.6 is 11.3 Å². The number of hydrogen-bond donors (Lipinski definition) is 1. The summed E-state index contributed by atoms with van der Waals surface area (Å²) >= 11 is 1.45. The van der Waals surface area contributed by atoms with Crippen molar-refractivity contribution in [1.29, 1.82) is 0 Å². The molecule has 0 radical (unpaired) electrons. The van der Waals surface area contributed by atoms with Crippen molar-refractivity contribution in [2.75, 3.05) is 18.5 Å². The van der Waals surface area contributed by atoms with Crippen LogP contribution in [0, 0.1) is 11.8 Å². The Kier molecular flexibility index (Phi) is 6.90. The Morgan fingerprint density at radius 3 is 2.76 bits per heavy atom. The standard InChI is InChI=1S/C22H29N3O3S/c1-14(2)10-20(26)25-9-8-18-19(12-25)29-22(23-18)24-21(27)16-6-5-7-17(11-16)28-13-15(3)4/h5-7,11,14-15H,8-10,12-13H2,1-4H3,(H,23,24,27). The van der Waals surface area contributed by atoms with Crippen molar-refractivity contribution in [3.05, 3.63) is 40.4 Å². The van der Waals surface area contributed by atoms with E-state index in [0.29, 0.717) is 54.4 Å². The van der Waals surface area contributed by atoms with E-state index in [9.17, 15) is 9.59 Å². The normalized spacial score (nSPS) is 13.5. The molecule has 6 nitrogen and oxygen atoms in total. The maximum Gasteiger partial charge on any atom is 0.257 e. The van der Waals surface area contributed by atoms with Gasteiger partial charge in [0.15, 0.2) is 5.13 Å². The Hall–Kier alpha value is -2.41. The lowest BCUT2D eigenvalue weighted by Gasteiger charge is -2.26. The number of hydrogen-bond acceptors (Lipinski definition) is 5. The van der Waals surface area contributed by atoms with Crippen LogP contribution in [0.4, 0.5) is 5.13 Å². The SMILES string of the molecule is CC(C)COc1cccc(C(=O)Nc2nc3c(s2)CN(C(=O)CC(C)C)CC3)c1. The highest BCUT2D eigenvalue weighted by Crippen LogP contribution is 2.29. The third kappa shape index (κ3) is 5.79. The summed E-state index contributed by atoms with van der Waals surface area (Å²) < 4.78 is 5.71. The Morgan fingerprint density at radius 1 is 1.24 bits per heavy atom. The molecule has 0 saturated carbocycles. The van der Waals surface area contributed by atoms with Crippen molar-refractivity contribution >= 4 is 28.3 Å². The summed E-state index contributed by atoms with van der Waals surface area (Å²) in [6, 6.07) is 7.18. The molecular formula is C22H29N3O3S. The van der Waals surface area contributed by atoms with Gasteiger partial charge in [-0.25, -0.2) is 4.98 Å². The smallest absolute Gasteiger partial charge is 0.257 e. The maximum absolute atomic E-state index is 12.6. The van der Waals surface area contributed by atoms with Crippen LogP contribution in [0.5, 0.6) is 5.75 Å². The van der Waals surface area contributed by atoms with E-state index in [1.54, 1.807) is 12.1 Å². The number of carbonyl (C=O) groups is 2. The molecule has 2 amide bonds. The van der Waals surface area contributed by atoms with Gasteiger partial charge in [-0.15, -0.1) is 0 Å². The van der Waals surface area contributed by atoms with Crippen LogP contribution in [-0.2, 0) is 17.8 Å².